The molecule has 2 atom stereocenters. The summed E-state index contributed by atoms with van der Waals surface area (Å²) in [6.07, 6.45) is 4.24. The van der Waals surface area contributed by atoms with Crippen LogP contribution < -0.4 is 0 Å². The summed E-state index contributed by atoms with van der Waals surface area (Å²) in [6.45, 7) is 2.11. The average Bonchev–Trinajstić information content (AvgIpc) is 2.38. The fourth-order valence-electron chi connectivity index (χ4n) is 2.83. The monoisotopic (exact) mass is 283 g/mol. The van der Waals surface area contributed by atoms with Gasteiger partial charge >= 0.3 is 0 Å². The number of benzene rings is 1. The maximum Gasteiger partial charge on any atom is 0.243 e. The summed E-state index contributed by atoms with van der Waals surface area (Å²) in [6, 6.07) is 5.92. The molecule has 0 aromatic heterocycles. The molecule has 0 saturated heterocycles. The van der Waals surface area contributed by atoms with E-state index in [-0.39, 0.29) is 16.7 Å². The van der Waals surface area contributed by atoms with E-state index in [1.54, 1.807) is 13.1 Å². The summed E-state index contributed by atoms with van der Waals surface area (Å²) >= 11 is 0. The Hall–Kier alpha value is -1.07. The van der Waals surface area contributed by atoms with Crippen molar-refractivity contribution < 1.29 is 13.5 Å². The second-order valence-electron chi connectivity index (χ2n) is 5.35. The van der Waals surface area contributed by atoms with E-state index in [0.717, 1.165) is 19.3 Å². The average molecular weight is 283 g/mol. The minimum absolute atomic E-state index is 0.0221. The molecule has 5 heteroatoms. The van der Waals surface area contributed by atoms with Crippen LogP contribution >= 0.6 is 0 Å². The first-order valence-corrected chi connectivity index (χ1v) is 8.14. The van der Waals surface area contributed by atoms with E-state index < -0.39 is 10.0 Å². The molecule has 1 N–H and O–H groups in total. The highest BCUT2D eigenvalue weighted by Gasteiger charge is 2.32. The number of aromatic hydroxyl groups is 1. The standard InChI is InChI=1S/C14H21NO3S/c1-11-6-3-4-9-14(11)15(2)19(17,18)13-8-5-7-12(16)10-13/h5,7-8,10-11,14,16H,3-4,6,9H2,1-2H3. The van der Waals surface area contributed by atoms with E-state index in [1.165, 1.54) is 28.9 Å². The Labute approximate surface area is 115 Å². The van der Waals surface area contributed by atoms with Crippen LogP contribution in [0.3, 0.4) is 0 Å². The van der Waals surface area contributed by atoms with E-state index in [4.69, 9.17) is 0 Å². The highest BCUT2D eigenvalue weighted by atomic mass is 32.2. The van der Waals surface area contributed by atoms with Crippen molar-refractivity contribution in [3.63, 3.8) is 0 Å². The van der Waals surface area contributed by atoms with Gasteiger partial charge in [-0.05, 0) is 37.0 Å². The first-order chi connectivity index (χ1) is 8.93. The quantitative estimate of drug-likeness (QED) is 0.927. The molecule has 2 rings (SSSR count). The van der Waals surface area contributed by atoms with Crippen LogP contribution in [-0.4, -0.2) is 30.9 Å². The van der Waals surface area contributed by atoms with Gasteiger partial charge in [-0.15, -0.1) is 0 Å². The molecule has 2 unspecified atom stereocenters. The van der Waals surface area contributed by atoms with Gasteiger partial charge in [0.15, 0.2) is 0 Å². The van der Waals surface area contributed by atoms with Crippen LogP contribution in [0.2, 0.25) is 0 Å². The normalized spacial score (nSPS) is 24.6. The van der Waals surface area contributed by atoms with Crippen LogP contribution in [0.15, 0.2) is 29.2 Å². The van der Waals surface area contributed by atoms with E-state index in [9.17, 15) is 13.5 Å². The zero-order chi connectivity index (χ0) is 14.0. The topological polar surface area (TPSA) is 57.6 Å². The van der Waals surface area contributed by atoms with Crippen LogP contribution in [0.5, 0.6) is 5.75 Å². The lowest BCUT2D eigenvalue weighted by Crippen LogP contribution is -2.42. The second kappa shape index (κ2) is 5.51. The Morgan fingerprint density at radius 2 is 1.95 bits per heavy atom. The summed E-state index contributed by atoms with van der Waals surface area (Å²) in [5, 5.41) is 9.44. The van der Waals surface area contributed by atoms with Gasteiger partial charge in [-0.1, -0.05) is 25.8 Å². The molecular formula is C14H21NO3S. The van der Waals surface area contributed by atoms with Gasteiger partial charge in [0.25, 0.3) is 0 Å². The van der Waals surface area contributed by atoms with Gasteiger partial charge < -0.3 is 5.11 Å². The van der Waals surface area contributed by atoms with Crippen molar-refractivity contribution in [3.8, 4) is 5.75 Å². The maximum atomic E-state index is 12.5. The zero-order valence-corrected chi connectivity index (χ0v) is 12.2. The van der Waals surface area contributed by atoms with Gasteiger partial charge in [-0.2, -0.15) is 4.31 Å². The van der Waals surface area contributed by atoms with E-state index in [1.807, 2.05) is 0 Å². The number of sulfonamides is 1. The first-order valence-electron chi connectivity index (χ1n) is 6.70. The van der Waals surface area contributed by atoms with Crippen molar-refractivity contribution in [2.45, 2.75) is 43.5 Å². The van der Waals surface area contributed by atoms with E-state index in [2.05, 4.69) is 6.92 Å². The number of nitrogens with zero attached hydrogens (tertiary/aromatic N) is 1. The van der Waals surface area contributed by atoms with Crippen molar-refractivity contribution in [3.05, 3.63) is 24.3 Å². The van der Waals surface area contributed by atoms with Gasteiger partial charge in [0.05, 0.1) is 4.90 Å². The van der Waals surface area contributed by atoms with Crippen molar-refractivity contribution in [1.82, 2.24) is 4.31 Å². The molecule has 1 saturated carbocycles. The van der Waals surface area contributed by atoms with Crippen LogP contribution in [0.1, 0.15) is 32.6 Å². The number of phenols is 1. The van der Waals surface area contributed by atoms with Gasteiger partial charge in [0, 0.05) is 13.1 Å². The smallest absolute Gasteiger partial charge is 0.243 e. The van der Waals surface area contributed by atoms with Gasteiger partial charge in [0.2, 0.25) is 10.0 Å². The molecule has 1 aromatic rings. The number of rotatable bonds is 3. The molecule has 1 aliphatic rings. The summed E-state index contributed by atoms with van der Waals surface area (Å²) in [5.74, 6) is 0.358. The number of hydrogen-bond acceptors (Lipinski definition) is 3. The first kappa shape index (κ1) is 14.3. The lowest BCUT2D eigenvalue weighted by Gasteiger charge is -2.35. The number of phenolic OH excluding ortho intramolecular Hbond substituents is 1. The van der Waals surface area contributed by atoms with Gasteiger partial charge in [-0.3, -0.25) is 0 Å². The third kappa shape index (κ3) is 2.92. The lowest BCUT2D eigenvalue weighted by molar-refractivity contribution is 0.213. The summed E-state index contributed by atoms with van der Waals surface area (Å²) in [4.78, 5) is 0.160. The molecule has 0 aliphatic heterocycles. The SMILES string of the molecule is CC1CCCCC1N(C)S(=O)(=O)c1cccc(O)c1. The van der Waals surface area contributed by atoms with E-state index >= 15 is 0 Å². The molecule has 4 nitrogen and oxygen atoms in total. The van der Waals surface area contributed by atoms with Crippen LogP contribution in [-0.2, 0) is 10.0 Å². The highest BCUT2D eigenvalue weighted by Crippen LogP contribution is 2.31. The molecule has 19 heavy (non-hydrogen) atoms. The summed E-state index contributed by atoms with van der Waals surface area (Å²) in [5.41, 5.74) is 0. The molecule has 0 spiro atoms. The van der Waals surface area contributed by atoms with Gasteiger partial charge in [0.1, 0.15) is 5.75 Å². The van der Waals surface area contributed by atoms with Crippen LogP contribution in [0.25, 0.3) is 0 Å². The molecule has 0 heterocycles. The predicted octanol–water partition coefficient (Wildman–Crippen LogP) is 2.59. The summed E-state index contributed by atoms with van der Waals surface area (Å²) in [7, 11) is -1.88. The van der Waals surface area contributed by atoms with Crippen molar-refractivity contribution in [2.75, 3.05) is 7.05 Å². The Morgan fingerprint density at radius 1 is 1.26 bits per heavy atom. The predicted molar refractivity (Wildman–Crippen MR) is 74.5 cm³/mol. The Balaban J connectivity index is 2.28. The Bertz CT molecular complexity index is 541. The summed E-state index contributed by atoms with van der Waals surface area (Å²) < 4.78 is 26.6. The fraction of sp³-hybridized carbons (Fsp3) is 0.571. The minimum atomic E-state index is -3.52. The maximum absolute atomic E-state index is 12.5. The molecule has 1 fully saturated rings. The minimum Gasteiger partial charge on any atom is -0.508 e. The van der Waals surface area contributed by atoms with Crippen LogP contribution in [0.4, 0.5) is 0 Å². The van der Waals surface area contributed by atoms with Crippen LogP contribution in [0, 0.1) is 5.92 Å². The third-order valence-corrected chi connectivity index (χ3v) is 5.91. The molecule has 0 amide bonds. The molecule has 0 bridgehead atoms. The Morgan fingerprint density at radius 3 is 2.58 bits per heavy atom. The number of hydrogen-bond donors (Lipinski definition) is 1. The molecular weight excluding hydrogens is 262 g/mol. The molecule has 1 aliphatic carbocycles. The second-order valence-corrected chi connectivity index (χ2v) is 7.35. The largest absolute Gasteiger partial charge is 0.508 e. The van der Waals surface area contributed by atoms with Crippen molar-refractivity contribution in [1.29, 1.82) is 0 Å². The molecule has 0 radical (unpaired) electrons. The van der Waals surface area contributed by atoms with Gasteiger partial charge in [-0.25, -0.2) is 8.42 Å². The van der Waals surface area contributed by atoms with Crippen molar-refractivity contribution in [2.24, 2.45) is 5.92 Å². The lowest BCUT2D eigenvalue weighted by atomic mass is 9.86. The Kier molecular flexibility index (Phi) is 4.16. The van der Waals surface area contributed by atoms with E-state index in [0.29, 0.717) is 5.92 Å². The zero-order valence-electron chi connectivity index (χ0n) is 11.4. The van der Waals surface area contributed by atoms with Crippen molar-refractivity contribution >= 4 is 10.0 Å². The molecule has 106 valence electrons. The highest BCUT2D eigenvalue weighted by molar-refractivity contribution is 7.89. The molecule has 1 aromatic carbocycles. The third-order valence-electron chi connectivity index (χ3n) is 4.03. The fourth-order valence-corrected chi connectivity index (χ4v) is 4.35.